The maximum Gasteiger partial charge on any atom is 0.303 e. The molecule has 0 fully saturated rings. The molecule has 0 unspecified atom stereocenters. The van der Waals surface area contributed by atoms with Crippen LogP contribution in [0, 0.1) is 17.0 Å². The van der Waals surface area contributed by atoms with Crippen LogP contribution in [0.3, 0.4) is 0 Å². The van der Waals surface area contributed by atoms with Crippen LogP contribution >= 0.6 is 0 Å². The minimum absolute atomic E-state index is 0.00307. The van der Waals surface area contributed by atoms with Gasteiger partial charge in [-0.05, 0) is 25.5 Å². The Kier molecular flexibility index (Phi) is 5.19. The van der Waals surface area contributed by atoms with Crippen molar-refractivity contribution >= 4 is 17.6 Å². The Bertz CT molecular complexity index is 542. The van der Waals surface area contributed by atoms with E-state index in [2.05, 4.69) is 0 Å². The van der Waals surface area contributed by atoms with E-state index in [4.69, 9.17) is 5.11 Å². The van der Waals surface area contributed by atoms with E-state index in [0.717, 1.165) is 0 Å². The molecule has 7 heteroatoms. The number of amides is 1. The first kappa shape index (κ1) is 15.6. The summed E-state index contributed by atoms with van der Waals surface area (Å²) in [6, 6.07) is 4.17. The maximum atomic E-state index is 12.1. The summed E-state index contributed by atoms with van der Waals surface area (Å²) in [6.07, 6.45) is 0.362. The molecule has 0 aliphatic rings. The Labute approximate surface area is 116 Å². The van der Waals surface area contributed by atoms with E-state index in [1.54, 1.807) is 14.0 Å². The van der Waals surface area contributed by atoms with Crippen LogP contribution in [-0.2, 0) is 4.79 Å². The average molecular weight is 280 g/mol. The molecule has 1 aromatic rings. The number of carboxylic acids is 1. The molecule has 1 aromatic carbocycles. The lowest BCUT2D eigenvalue weighted by Crippen LogP contribution is -2.28. The number of hydrogen-bond acceptors (Lipinski definition) is 4. The van der Waals surface area contributed by atoms with Crippen molar-refractivity contribution in [2.24, 2.45) is 0 Å². The molecule has 0 radical (unpaired) electrons. The third kappa shape index (κ3) is 4.04. The molecule has 1 rings (SSSR count). The largest absolute Gasteiger partial charge is 0.481 e. The van der Waals surface area contributed by atoms with Crippen LogP contribution < -0.4 is 0 Å². The van der Waals surface area contributed by atoms with Gasteiger partial charge in [0.1, 0.15) is 0 Å². The number of carbonyl (C=O) groups is 2. The fourth-order valence-corrected chi connectivity index (χ4v) is 1.78. The molecule has 20 heavy (non-hydrogen) atoms. The van der Waals surface area contributed by atoms with E-state index >= 15 is 0 Å². The molecule has 0 saturated carbocycles. The fourth-order valence-electron chi connectivity index (χ4n) is 1.78. The normalized spacial score (nSPS) is 10.1. The van der Waals surface area contributed by atoms with Gasteiger partial charge in [0.25, 0.3) is 11.6 Å². The molecular formula is C13H16N2O5. The van der Waals surface area contributed by atoms with Gasteiger partial charge >= 0.3 is 5.97 Å². The van der Waals surface area contributed by atoms with Crippen LogP contribution in [-0.4, -0.2) is 40.4 Å². The molecule has 0 saturated heterocycles. The number of nitro groups is 1. The number of benzene rings is 1. The Morgan fingerprint density at radius 2 is 2.05 bits per heavy atom. The predicted octanol–water partition coefficient (Wildman–Crippen LogP) is 1.84. The molecular weight excluding hydrogens is 264 g/mol. The topological polar surface area (TPSA) is 101 Å². The fraction of sp³-hybridized carbons (Fsp3) is 0.385. The predicted molar refractivity (Wildman–Crippen MR) is 71.7 cm³/mol. The first-order valence-electron chi connectivity index (χ1n) is 6.05. The van der Waals surface area contributed by atoms with E-state index in [1.807, 2.05) is 0 Å². The van der Waals surface area contributed by atoms with Gasteiger partial charge in [0.2, 0.25) is 0 Å². The van der Waals surface area contributed by atoms with E-state index in [-0.39, 0.29) is 18.0 Å². The van der Waals surface area contributed by atoms with Crippen molar-refractivity contribution < 1.29 is 19.6 Å². The number of aryl methyl sites for hydroxylation is 1. The number of carbonyl (C=O) groups excluding carboxylic acids is 1. The molecule has 0 aromatic heterocycles. The Hall–Kier alpha value is -2.44. The third-order valence-electron chi connectivity index (χ3n) is 2.87. The van der Waals surface area contributed by atoms with Gasteiger partial charge in [-0.15, -0.1) is 0 Å². The molecule has 1 N–H and O–H groups in total. The Balaban J connectivity index is 2.74. The maximum absolute atomic E-state index is 12.1. The zero-order chi connectivity index (χ0) is 15.3. The molecule has 1 amide bonds. The van der Waals surface area contributed by atoms with Crippen molar-refractivity contribution in [2.45, 2.75) is 19.8 Å². The van der Waals surface area contributed by atoms with Crippen molar-refractivity contribution in [2.75, 3.05) is 13.6 Å². The summed E-state index contributed by atoms with van der Waals surface area (Å²) in [6.45, 7) is 1.89. The summed E-state index contributed by atoms with van der Waals surface area (Å²) in [4.78, 5) is 34.1. The van der Waals surface area contributed by atoms with Crippen molar-refractivity contribution in [1.29, 1.82) is 0 Å². The lowest BCUT2D eigenvalue weighted by Gasteiger charge is -2.16. The second-order valence-corrected chi connectivity index (χ2v) is 4.48. The summed E-state index contributed by atoms with van der Waals surface area (Å²) in [5.74, 6) is -1.19. The molecule has 0 aliphatic carbocycles. The molecule has 0 bridgehead atoms. The van der Waals surface area contributed by atoms with E-state index < -0.39 is 10.9 Å². The highest BCUT2D eigenvalue weighted by Crippen LogP contribution is 2.19. The summed E-state index contributed by atoms with van der Waals surface area (Å²) in [5, 5.41) is 19.2. The quantitative estimate of drug-likeness (QED) is 0.633. The molecule has 0 atom stereocenters. The van der Waals surface area contributed by atoms with Gasteiger partial charge < -0.3 is 10.0 Å². The summed E-state index contributed by atoms with van der Waals surface area (Å²) in [7, 11) is 1.57. The smallest absolute Gasteiger partial charge is 0.303 e. The van der Waals surface area contributed by atoms with Crippen LogP contribution in [0.5, 0.6) is 0 Å². The third-order valence-corrected chi connectivity index (χ3v) is 2.87. The number of carboxylic acid groups (broad SMARTS) is 1. The van der Waals surface area contributed by atoms with Gasteiger partial charge in [-0.25, -0.2) is 0 Å². The van der Waals surface area contributed by atoms with Crippen molar-refractivity contribution in [3.05, 3.63) is 39.4 Å². The van der Waals surface area contributed by atoms with Crippen molar-refractivity contribution in [1.82, 2.24) is 4.90 Å². The average Bonchev–Trinajstić information content (AvgIpc) is 2.36. The second kappa shape index (κ2) is 6.65. The zero-order valence-electron chi connectivity index (χ0n) is 11.3. The second-order valence-electron chi connectivity index (χ2n) is 4.48. The zero-order valence-corrected chi connectivity index (χ0v) is 11.3. The summed E-state index contributed by atoms with van der Waals surface area (Å²) < 4.78 is 0. The number of aliphatic carboxylic acids is 1. The first-order chi connectivity index (χ1) is 9.32. The van der Waals surface area contributed by atoms with E-state index in [9.17, 15) is 19.7 Å². The van der Waals surface area contributed by atoms with Gasteiger partial charge in [-0.1, -0.05) is 0 Å². The van der Waals surface area contributed by atoms with Crippen LogP contribution in [0.4, 0.5) is 5.69 Å². The van der Waals surface area contributed by atoms with Gasteiger partial charge in [-0.2, -0.15) is 0 Å². The number of hydrogen-bond donors (Lipinski definition) is 1. The minimum Gasteiger partial charge on any atom is -0.481 e. The Morgan fingerprint density at radius 3 is 2.55 bits per heavy atom. The van der Waals surface area contributed by atoms with Crippen LogP contribution in [0.25, 0.3) is 0 Å². The monoisotopic (exact) mass is 280 g/mol. The van der Waals surface area contributed by atoms with Gasteiger partial charge in [-0.3, -0.25) is 19.7 Å². The van der Waals surface area contributed by atoms with E-state index in [1.165, 1.54) is 23.1 Å². The summed E-state index contributed by atoms with van der Waals surface area (Å²) in [5.41, 5.74) is 0.737. The molecule has 7 nitrogen and oxygen atoms in total. The van der Waals surface area contributed by atoms with Crippen molar-refractivity contribution in [3.8, 4) is 0 Å². The lowest BCUT2D eigenvalue weighted by atomic mass is 10.1. The highest BCUT2D eigenvalue weighted by molar-refractivity contribution is 5.94. The van der Waals surface area contributed by atoms with Crippen molar-refractivity contribution in [3.63, 3.8) is 0 Å². The molecule has 0 heterocycles. The minimum atomic E-state index is -0.906. The van der Waals surface area contributed by atoms with E-state index in [0.29, 0.717) is 24.1 Å². The number of nitro benzene ring substituents is 1. The van der Waals surface area contributed by atoms with Gasteiger partial charge in [0.15, 0.2) is 0 Å². The van der Waals surface area contributed by atoms with Crippen LogP contribution in [0.15, 0.2) is 18.2 Å². The number of rotatable bonds is 6. The highest BCUT2D eigenvalue weighted by atomic mass is 16.6. The first-order valence-corrected chi connectivity index (χ1v) is 6.05. The van der Waals surface area contributed by atoms with Crippen LogP contribution in [0.1, 0.15) is 28.8 Å². The lowest BCUT2D eigenvalue weighted by molar-refractivity contribution is -0.385. The molecule has 0 aliphatic heterocycles. The standard InChI is InChI=1S/C13H16N2O5/c1-9-8-10(5-6-11(9)15(19)20)13(18)14(2)7-3-4-12(16)17/h5-6,8H,3-4,7H2,1-2H3,(H,16,17). The van der Waals surface area contributed by atoms with Gasteiger partial charge in [0, 0.05) is 37.2 Å². The van der Waals surface area contributed by atoms with Crippen LogP contribution in [0.2, 0.25) is 0 Å². The summed E-state index contributed by atoms with van der Waals surface area (Å²) >= 11 is 0. The molecule has 0 spiro atoms. The highest BCUT2D eigenvalue weighted by Gasteiger charge is 2.16. The van der Waals surface area contributed by atoms with Gasteiger partial charge in [0.05, 0.1) is 4.92 Å². The molecule has 108 valence electrons. The SMILES string of the molecule is Cc1cc(C(=O)N(C)CCCC(=O)O)ccc1[N+](=O)[O-]. The number of nitrogens with zero attached hydrogens (tertiary/aromatic N) is 2. The Morgan fingerprint density at radius 1 is 1.40 bits per heavy atom.